The second kappa shape index (κ2) is 7.90. The predicted molar refractivity (Wildman–Crippen MR) is 121 cm³/mol. The molecule has 32 heavy (non-hydrogen) atoms. The lowest BCUT2D eigenvalue weighted by atomic mass is 9.68. The molecule has 0 bridgehead atoms. The molecule has 1 fully saturated rings. The first-order valence-electron chi connectivity index (χ1n) is 11.0. The molecule has 1 saturated heterocycles. The van der Waals surface area contributed by atoms with Crippen molar-refractivity contribution in [1.82, 2.24) is 14.8 Å². The van der Waals surface area contributed by atoms with Gasteiger partial charge in [0.1, 0.15) is 11.6 Å². The van der Waals surface area contributed by atoms with Crippen molar-refractivity contribution in [1.29, 1.82) is 0 Å². The van der Waals surface area contributed by atoms with E-state index in [0.717, 1.165) is 41.7 Å². The van der Waals surface area contributed by atoms with Crippen molar-refractivity contribution in [3.05, 3.63) is 65.1 Å². The molecule has 0 radical (unpaired) electrons. The maximum Gasteiger partial charge on any atom is 0.256 e. The van der Waals surface area contributed by atoms with Crippen molar-refractivity contribution < 1.29 is 19.0 Å². The van der Waals surface area contributed by atoms with E-state index in [1.165, 1.54) is 11.6 Å². The standard InChI is InChI=1S/C25H28FN3O3/c1-28-15-25(9-11-29(12-10-25)24(31)17-5-3-4-6-19(17)26)22-18-8-7-16(32-2)13-20(18)27-23(22)21(28)14-30/h3-8,13,21,27,30H,9-12,14-15H2,1-2H3/t21-/m1/s1. The van der Waals surface area contributed by atoms with Crippen molar-refractivity contribution >= 4 is 16.8 Å². The summed E-state index contributed by atoms with van der Waals surface area (Å²) in [5.41, 5.74) is 3.26. The fourth-order valence-electron chi connectivity index (χ4n) is 5.61. The summed E-state index contributed by atoms with van der Waals surface area (Å²) in [5, 5.41) is 11.3. The Morgan fingerprint density at radius 3 is 2.69 bits per heavy atom. The van der Waals surface area contributed by atoms with Crippen LogP contribution in [0.25, 0.3) is 10.9 Å². The lowest BCUT2D eigenvalue weighted by molar-refractivity contribution is 0.0511. The van der Waals surface area contributed by atoms with E-state index < -0.39 is 5.82 Å². The summed E-state index contributed by atoms with van der Waals surface area (Å²) in [4.78, 5) is 20.5. The minimum atomic E-state index is -0.478. The van der Waals surface area contributed by atoms with Crippen LogP contribution in [0.3, 0.4) is 0 Å². The van der Waals surface area contributed by atoms with Crippen molar-refractivity contribution in [3.8, 4) is 5.75 Å². The number of piperidine rings is 1. The van der Waals surface area contributed by atoms with Gasteiger partial charge in [0.25, 0.3) is 5.91 Å². The van der Waals surface area contributed by atoms with Crippen LogP contribution in [0.4, 0.5) is 4.39 Å². The Morgan fingerprint density at radius 1 is 1.25 bits per heavy atom. The normalized spacial score (nSPS) is 20.5. The predicted octanol–water partition coefficient (Wildman–Crippen LogP) is 3.47. The minimum absolute atomic E-state index is 0.0292. The number of ether oxygens (including phenoxy) is 1. The number of amides is 1. The molecule has 0 unspecified atom stereocenters. The van der Waals surface area contributed by atoms with Crippen molar-refractivity contribution in [2.75, 3.05) is 40.4 Å². The monoisotopic (exact) mass is 437 g/mol. The Balaban J connectivity index is 1.51. The minimum Gasteiger partial charge on any atom is -0.497 e. The fraction of sp³-hybridized carbons (Fsp3) is 0.400. The molecule has 1 atom stereocenters. The molecule has 2 N–H and O–H groups in total. The van der Waals surface area contributed by atoms with Gasteiger partial charge in [0.2, 0.25) is 0 Å². The molecule has 0 saturated carbocycles. The SMILES string of the molecule is COc1ccc2c3c([nH]c2c1)[C@@H](CO)N(C)CC31CCN(C(=O)c2ccccc2F)CC1. The molecule has 0 aliphatic carbocycles. The smallest absolute Gasteiger partial charge is 0.256 e. The van der Waals surface area contributed by atoms with Gasteiger partial charge in [-0.05, 0) is 49.7 Å². The largest absolute Gasteiger partial charge is 0.497 e. The number of methoxy groups -OCH3 is 1. The zero-order chi connectivity index (χ0) is 22.5. The molecule has 1 aromatic heterocycles. The van der Waals surface area contributed by atoms with Gasteiger partial charge in [-0.25, -0.2) is 4.39 Å². The van der Waals surface area contributed by atoms with Gasteiger partial charge in [0.05, 0.1) is 25.3 Å². The van der Waals surface area contributed by atoms with Gasteiger partial charge in [-0.15, -0.1) is 0 Å². The number of halogens is 1. The zero-order valence-electron chi connectivity index (χ0n) is 18.4. The lowest BCUT2D eigenvalue weighted by Gasteiger charge is -2.49. The maximum atomic E-state index is 14.2. The number of carbonyl (C=O) groups is 1. The van der Waals surface area contributed by atoms with Crippen LogP contribution < -0.4 is 4.74 Å². The molecule has 1 amide bonds. The van der Waals surface area contributed by atoms with Gasteiger partial charge in [-0.3, -0.25) is 9.69 Å². The maximum absolute atomic E-state index is 14.2. The summed E-state index contributed by atoms with van der Waals surface area (Å²) in [6.07, 6.45) is 1.56. The van der Waals surface area contributed by atoms with Gasteiger partial charge < -0.3 is 19.7 Å². The number of aromatic nitrogens is 1. The summed E-state index contributed by atoms with van der Waals surface area (Å²) in [7, 11) is 3.69. The van der Waals surface area contributed by atoms with Crippen LogP contribution in [0.2, 0.25) is 0 Å². The molecule has 7 heteroatoms. The summed E-state index contributed by atoms with van der Waals surface area (Å²) in [6.45, 7) is 1.95. The number of likely N-dealkylation sites (tertiary alicyclic amines) is 1. The highest BCUT2D eigenvalue weighted by atomic mass is 19.1. The van der Waals surface area contributed by atoms with Crippen molar-refractivity contribution in [2.45, 2.75) is 24.3 Å². The Bertz CT molecular complexity index is 1170. The molecule has 3 heterocycles. The lowest BCUT2D eigenvalue weighted by Crippen LogP contribution is -2.53. The second-order valence-corrected chi connectivity index (χ2v) is 8.99. The van der Waals surface area contributed by atoms with Crippen LogP contribution in [0, 0.1) is 5.82 Å². The number of nitrogens with one attached hydrogen (secondary N) is 1. The average molecular weight is 438 g/mol. The Labute approximate surface area is 186 Å². The van der Waals surface area contributed by atoms with Crippen LogP contribution in [-0.2, 0) is 5.41 Å². The molecule has 1 spiro atoms. The number of hydrogen-bond donors (Lipinski definition) is 2. The first kappa shape index (κ1) is 21.0. The zero-order valence-corrected chi connectivity index (χ0v) is 18.4. The number of aliphatic hydroxyl groups is 1. The number of carbonyl (C=O) groups excluding carboxylic acids is 1. The van der Waals surface area contributed by atoms with E-state index >= 15 is 0 Å². The number of benzene rings is 2. The second-order valence-electron chi connectivity index (χ2n) is 8.99. The van der Waals surface area contributed by atoms with E-state index in [0.29, 0.717) is 13.1 Å². The molecule has 3 aromatic rings. The van der Waals surface area contributed by atoms with Gasteiger partial charge >= 0.3 is 0 Å². The molecule has 168 valence electrons. The van der Waals surface area contributed by atoms with E-state index in [4.69, 9.17) is 4.74 Å². The van der Waals surface area contributed by atoms with E-state index in [1.807, 2.05) is 19.2 Å². The Hall–Kier alpha value is -2.90. The number of aromatic amines is 1. The number of hydrogen-bond acceptors (Lipinski definition) is 4. The van der Waals surface area contributed by atoms with Crippen molar-refractivity contribution in [3.63, 3.8) is 0 Å². The highest BCUT2D eigenvalue weighted by Crippen LogP contribution is 2.48. The third-order valence-corrected chi connectivity index (χ3v) is 7.27. The molecule has 5 rings (SSSR count). The third-order valence-electron chi connectivity index (χ3n) is 7.27. The van der Waals surface area contributed by atoms with E-state index in [2.05, 4.69) is 16.0 Å². The molecular weight excluding hydrogens is 409 g/mol. The highest BCUT2D eigenvalue weighted by molar-refractivity contribution is 5.94. The van der Waals surface area contributed by atoms with Crippen LogP contribution in [0.1, 0.15) is 40.5 Å². The third kappa shape index (κ3) is 3.19. The first-order chi connectivity index (χ1) is 15.5. The van der Waals surface area contributed by atoms with Crippen LogP contribution in [0.15, 0.2) is 42.5 Å². The summed E-state index contributed by atoms with van der Waals surface area (Å²) in [6, 6.07) is 12.1. The summed E-state index contributed by atoms with van der Waals surface area (Å²) < 4.78 is 19.6. The van der Waals surface area contributed by atoms with Gasteiger partial charge in [-0.2, -0.15) is 0 Å². The molecule has 2 aliphatic rings. The van der Waals surface area contributed by atoms with E-state index in [1.54, 1.807) is 30.2 Å². The number of nitrogens with zero attached hydrogens (tertiary/aromatic N) is 2. The molecule has 2 aliphatic heterocycles. The highest BCUT2D eigenvalue weighted by Gasteiger charge is 2.47. The Kier molecular flexibility index (Phi) is 5.18. The van der Waals surface area contributed by atoms with Gasteiger partial charge in [0, 0.05) is 47.7 Å². The number of fused-ring (bicyclic) bond motifs is 4. The average Bonchev–Trinajstić information content (AvgIpc) is 3.19. The fourth-order valence-corrected chi connectivity index (χ4v) is 5.61. The van der Waals surface area contributed by atoms with Crippen LogP contribution >= 0.6 is 0 Å². The molecule has 6 nitrogen and oxygen atoms in total. The summed E-state index contributed by atoms with van der Waals surface area (Å²) in [5.74, 6) is 0.0532. The number of H-pyrrole nitrogens is 1. The van der Waals surface area contributed by atoms with Crippen LogP contribution in [0.5, 0.6) is 5.75 Å². The number of aliphatic hydroxyl groups excluding tert-OH is 1. The topological polar surface area (TPSA) is 68.8 Å². The summed E-state index contributed by atoms with van der Waals surface area (Å²) >= 11 is 0. The van der Waals surface area contributed by atoms with E-state index in [9.17, 15) is 14.3 Å². The van der Waals surface area contributed by atoms with Crippen molar-refractivity contribution in [2.24, 2.45) is 0 Å². The van der Waals surface area contributed by atoms with Crippen LogP contribution in [-0.4, -0.2) is 66.2 Å². The van der Waals surface area contributed by atoms with Gasteiger partial charge in [0.15, 0.2) is 0 Å². The quantitative estimate of drug-likeness (QED) is 0.659. The number of rotatable bonds is 3. The Morgan fingerprint density at radius 2 is 2.00 bits per heavy atom. The first-order valence-corrected chi connectivity index (χ1v) is 11.0. The van der Waals surface area contributed by atoms with E-state index in [-0.39, 0.29) is 29.5 Å². The molecular formula is C25H28FN3O3. The number of likely N-dealkylation sites (N-methyl/N-ethyl adjacent to an activating group) is 1. The van der Waals surface area contributed by atoms with Gasteiger partial charge in [-0.1, -0.05) is 12.1 Å². The molecule has 2 aromatic carbocycles.